The number of rotatable bonds is 1. The van der Waals surface area contributed by atoms with E-state index in [9.17, 15) is 0 Å². The Labute approximate surface area is 99.8 Å². The van der Waals surface area contributed by atoms with Gasteiger partial charge in [0.15, 0.2) is 0 Å². The number of H-pyrrole nitrogens is 1. The second kappa shape index (κ2) is 3.45. The maximum Gasteiger partial charge on any atom is 0.226 e. The van der Waals surface area contributed by atoms with Gasteiger partial charge in [-0.2, -0.15) is 5.10 Å². The predicted molar refractivity (Wildman–Crippen MR) is 64.0 cm³/mol. The first-order chi connectivity index (χ1) is 7.74. The van der Waals surface area contributed by atoms with Crippen molar-refractivity contribution in [2.24, 2.45) is 0 Å². The number of hydrogen-bond donors (Lipinski definition) is 1. The summed E-state index contributed by atoms with van der Waals surface area (Å²) in [6.45, 7) is 1.88. The minimum atomic E-state index is 0.616. The zero-order valence-electron chi connectivity index (χ0n) is 8.49. The molecule has 0 fully saturated rings. The number of hydrogen-bond acceptors (Lipinski definition) is 3. The number of nitrogens with one attached hydrogen (secondary N) is 1. The Bertz CT molecular complexity index is 656. The van der Waals surface area contributed by atoms with E-state index >= 15 is 0 Å². The molecule has 0 radical (unpaired) electrons. The topological polar surface area (TPSA) is 54.7 Å². The zero-order valence-corrected chi connectivity index (χ0v) is 10.1. The summed E-state index contributed by atoms with van der Waals surface area (Å²) < 4.78 is 6.50. The monoisotopic (exact) mass is 277 g/mol. The molecule has 0 unspecified atom stereocenters. The lowest BCUT2D eigenvalue weighted by molar-refractivity contribution is 0.543. The Balaban J connectivity index is 2.33. The van der Waals surface area contributed by atoms with Crippen LogP contribution in [0.15, 0.2) is 33.4 Å². The molecule has 0 bridgehead atoms. The van der Waals surface area contributed by atoms with Crippen LogP contribution in [0.3, 0.4) is 0 Å². The van der Waals surface area contributed by atoms with E-state index in [4.69, 9.17) is 4.42 Å². The van der Waals surface area contributed by atoms with Crippen LogP contribution in [0.25, 0.3) is 22.4 Å². The van der Waals surface area contributed by atoms with Crippen molar-refractivity contribution in [3.63, 3.8) is 0 Å². The van der Waals surface area contributed by atoms with Gasteiger partial charge in [-0.1, -0.05) is 15.9 Å². The molecule has 0 aliphatic carbocycles. The van der Waals surface area contributed by atoms with Crippen LogP contribution in [0.5, 0.6) is 0 Å². The summed E-state index contributed by atoms with van der Waals surface area (Å²) in [6.07, 6.45) is 3.48. The van der Waals surface area contributed by atoms with Crippen LogP contribution in [-0.2, 0) is 0 Å². The van der Waals surface area contributed by atoms with E-state index in [1.807, 2.05) is 19.1 Å². The molecule has 3 aromatic rings. The first-order valence-electron chi connectivity index (χ1n) is 4.79. The summed E-state index contributed by atoms with van der Waals surface area (Å²) in [6, 6.07) is 3.95. The van der Waals surface area contributed by atoms with Gasteiger partial charge in [0.25, 0.3) is 0 Å². The van der Waals surface area contributed by atoms with Gasteiger partial charge < -0.3 is 4.42 Å². The highest BCUT2D eigenvalue weighted by atomic mass is 79.9. The van der Waals surface area contributed by atoms with Crippen LogP contribution < -0.4 is 0 Å². The summed E-state index contributed by atoms with van der Waals surface area (Å²) in [7, 11) is 0. The summed E-state index contributed by atoms with van der Waals surface area (Å²) in [5, 5.41) is 7.95. The van der Waals surface area contributed by atoms with E-state index in [2.05, 4.69) is 31.1 Å². The van der Waals surface area contributed by atoms with Crippen LogP contribution in [0, 0.1) is 6.92 Å². The molecule has 0 saturated carbocycles. The van der Waals surface area contributed by atoms with Crippen molar-refractivity contribution in [1.29, 1.82) is 0 Å². The highest BCUT2D eigenvalue weighted by Gasteiger charge is 2.11. The molecule has 3 rings (SSSR count). The number of aromatic nitrogens is 3. The maximum atomic E-state index is 5.53. The van der Waals surface area contributed by atoms with Crippen molar-refractivity contribution in [3.8, 4) is 11.5 Å². The van der Waals surface area contributed by atoms with Gasteiger partial charge in [-0.25, -0.2) is 4.98 Å². The number of halogens is 1. The summed E-state index contributed by atoms with van der Waals surface area (Å²) >= 11 is 3.45. The normalized spacial score (nSPS) is 11.1. The Morgan fingerprint density at radius 1 is 1.31 bits per heavy atom. The molecule has 1 aromatic carbocycles. The SMILES string of the molecule is Cc1cnc(-c2cc(Br)cc3[nH]ncc23)o1. The van der Waals surface area contributed by atoms with E-state index in [1.165, 1.54) is 0 Å². The van der Waals surface area contributed by atoms with Gasteiger partial charge in [-0.05, 0) is 19.1 Å². The van der Waals surface area contributed by atoms with Crippen molar-refractivity contribution in [2.75, 3.05) is 0 Å². The highest BCUT2D eigenvalue weighted by molar-refractivity contribution is 9.10. The molecule has 4 nitrogen and oxygen atoms in total. The summed E-state index contributed by atoms with van der Waals surface area (Å²) in [5.74, 6) is 1.41. The number of oxazole rings is 1. The molecule has 0 spiro atoms. The lowest BCUT2D eigenvalue weighted by Crippen LogP contribution is -1.79. The molecule has 16 heavy (non-hydrogen) atoms. The van der Waals surface area contributed by atoms with Crippen LogP contribution in [0.4, 0.5) is 0 Å². The fraction of sp³-hybridized carbons (Fsp3) is 0.0909. The first-order valence-corrected chi connectivity index (χ1v) is 5.59. The van der Waals surface area contributed by atoms with Gasteiger partial charge in [0.05, 0.1) is 17.9 Å². The number of nitrogens with zero attached hydrogens (tertiary/aromatic N) is 2. The summed E-state index contributed by atoms with van der Waals surface area (Å²) in [5.41, 5.74) is 1.89. The molecular formula is C11H8BrN3O. The van der Waals surface area contributed by atoms with Crippen LogP contribution in [-0.4, -0.2) is 15.2 Å². The average molecular weight is 278 g/mol. The third kappa shape index (κ3) is 1.44. The Morgan fingerprint density at radius 3 is 2.94 bits per heavy atom. The minimum Gasteiger partial charge on any atom is -0.441 e. The molecule has 1 N–H and O–H groups in total. The molecule has 0 saturated heterocycles. The van der Waals surface area contributed by atoms with E-state index in [0.29, 0.717) is 5.89 Å². The predicted octanol–water partition coefficient (Wildman–Crippen LogP) is 3.29. The van der Waals surface area contributed by atoms with Crippen LogP contribution in [0.2, 0.25) is 0 Å². The largest absolute Gasteiger partial charge is 0.441 e. The lowest BCUT2D eigenvalue weighted by Gasteiger charge is -1.99. The molecular weight excluding hydrogens is 270 g/mol. The molecule has 5 heteroatoms. The van der Waals surface area contributed by atoms with E-state index < -0.39 is 0 Å². The van der Waals surface area contributed by atoms with Crippen molar-refractivity contribution in [1.82, 2.24) is 15.2 Å². The third-order valence-corrected chi connectivity index (χ3v) is 2.83. The van der Waals surface area contributed by atoms with Crippen molar-refractivity contribution >= 4 is 26.8 Å². The molecule has 80 valence electrons. The molecule has 0 aliphatic heterocycles. The number of aromatic amines is 1. The van der Waals surface area contributed by atoms with E-state index in [1.54, 1.807) is 12.4 Å². The Kier molecular flexibility index (Phi) is 2.07. The second-order valence-electron chi connectivity index (χ2n) is 3.56. The van der Waals surface area contributed by atoms with Crippen molar-refractivity contribution < 1.29 is 4.42 Å². The highest BCUT2D eigenvalue weighted by Crippen LogP contribution is 2.30. The minimum absolute atomic E-state index is 0.616. The van der Waals surface area contributed by atoms with Crippen molar-refractivity contribution in [2.45, 2.75) is 6.92 Å². The lowest BCUT2D eigenvalue weighted by atomic mass is 10.1. The molecule has 2 aromatic heterocycles. The average Bonchev–Trinajstić information content (AvgIpc) is 2.84. The third-order valence-electron chi connectivity index (χ3n) is 2.38. The van der Waals surface area contributed by atoms with Gasteiger partial charge in [0.1, 0.15) is 5.76 Å². The standard InChI is InChI=1S/C11H8BrN3O/c1-6-4-13-11(16-6)8-2-7(12)3-10-9(8)5-14-15-10/h2-5H,1H3,(H,14,15). The number of fused-ring (bicyclic) bond motifs is 1. The van der Waals surface area contributed by atoms with E-state index in [0.717, 1.165) is 26.7 Å². The Hall–Kier alpha value is -1.62. The Morgan fingerprint density at radius 2 is 2.19 bits per heavy atom. The number of aryl methyl sites for hydroxylation is 1. The molecule has 0 aliphatic rings. The van der Waals surface area contributed by atoms with Gasteiger partial charge in [-0.15, -0.1) is 0 Å². The van der Waals surface area contributed by atoms with Crippen molar-refractivity contribution in [3.05, 3.63) is 34.8 Å². The van der Waals surface area contributed by atoms with Gasteiger partial charge in [0.2, 0.25) is 5.89 Å². The summed E-state index contributed by atoms with van der Waals surface area (Å²) in [4.78, 5) is 4.23. The smallest absolute Gasteiger partial charge is 0.226 e. The van der Waals surface area contributed by atoms with Gasteiger partial charge in [-0.3, -0.25) is 5.10 Å². The molecule has 0 atom stereocenters. The quantitative estimate of drug-likeness (QED) is 0.743. The maximum absolute atomic E-state index is 5.53. The molecule has 2 heterocycles. The van der Waals surface area contributed by atoms with Crippen LogP contribution >= 0.6 is 15.9 Å². The zero-order chi connectivity index (χ0) is 11.1. The first kappa shape index (κ1) is 9.59. The van der Waals surface area contributed by atoms with Gasteiger partial charge in [0, 0.05) is 15.4 Å². The fourth-order valence-electron chi connectivity index (χ4n) is 1.67. The molecule has 0 amide bonds. The van der Waals surface area contributed by atoms with Crippen LogP contribution in [0.1, 0.15) is 5.76 Å². The fourth-order valence-corrected chi connectivity index (χ4v) is 2.13. The van der Waals surface area contributed by atoms with Gasteiger partial charge >= 0.3 is 0 Å². The van der Waals surface area contributed by atoms with E-state index in [-0.39, 0.29) is 0 Å². The number of benzene rings is 1. The second-order valence-corrected chi connectivity index (χ2v) is 4.48.